The number of nitrogens with zero attached hydrogens (tertiary/aromatic N) is 3. The van der Waals surface area contributed by atoms with Crippen molar-refractivity contribution in [2.75, 3.05) is 5.75 Å². The molecule has 0 saturated heterocycles. The van der Waals surface area contributed by atoms with Crippen LogP contribution in [0.2, 0.25) is 0 Å². The van der Waals surface area contributed by atoms with Crippen molar-refractivity contribution >= 4 is 17.7 Å². The van der Waals surface area contributed by atoms with Gasteiger partial charge in [-0.1, -0.05) is 31.0 Å². The Kier molecular flexibility index (Phi) is 5.85. The number of carbonyl (C=O) groups excluding carboxylic acids is 1. The van der Waals surface area contributed by atoms with Gasteiger partial charge in [0.05, 0.1) is 12.3 Å². The van der Waals surface area contributed by atoms with Crippen LogP contribution in [0.25, 0.3) is 0 Å². The summed E-state index contributed by atoms with van der Waals surface area (Å²) >= 11 is 1.43. The van der Waals surface area contributed by atoms with E-state index in [1.54, 1.807) is 0 Å². The molecule has 0 aliphatic heterocycles. The summed E-state index contributed by atoms with van der Waals surface area (Å²) in [5.41, 5.74) is 5.61. The third-order valence-electron chi connectivity index (χ3n) is 3.59. The van der Waals surface area contributed by atoms with Gasteiger partial charge in [0.2, 0.25) is 5.91 Å². The average molecular weight is 297 g/mol. The normalized spacial score (nSPS) is 16.3. The lowest BCUT2D eigenvalue weighted by Crippen LogP contribution is -2.37. The van der Waals surface area contributed by atoms with E-state index in [0.717, 1.165) is 30.4 Å². The maximum absolute atomic E-state index is 11.9. The second-order valence-corrected chi connectivity index (χ2v) is 5.98. The fourth-order valence-electron chi connectivity index (χ4n) is 2.54. The van der Waals surface area contributed by atoms with E-state index >= 15 is 0 Å². The van der Waals surface area contributed by atoms with Crippen molar-refractivity contribution in [3.05, 3.63) is 5.82 Å². The smallest absolute Gasteiger partial charge is 0.230 e. The molecule has 0 atom stereocenters. The first kappa shape index (κ1) is 15.3. The molecule has 1 aromatic rings. The number of rotatable bonds is 6. The van der Waals surface area contributed by atoms with Gasteiger partial charge in [-0.05, 0) is 19.8 Å². The molecule has 6 nitrogen and oxygen atoms in total. The summed E-state index contributed by atoms with van der Waals surface area (Å²) < 4.78 is 1.96. The summed E-state index contributed by atoms with van der Waals surface area (Å²) in [5.74, 6) is 1.24. The van der Waals surface area contributed by atoms with E-state index in [-0.39, 0.29) is 5.91 Å². The van der Waals surface area contributed by atoms with Gasteiger partial charge in [0, 0.05) is 12.6 Å². The van der Waals surface area contributed by atoms with Crippen LogP contribution >= 0.6 is 11.8 Å². The van der Waals surface area contributed by atoms with Crippen LogP contribution in [0.3, 0.4) is 0 Å². The molecule has 0 radical (unpaired) electrons. The summed E-state index contributed by atoms with van der Waals surface area (Å²) in [5, 5.41) is 12.0. The molecule has 1 fully saturated rings. The van der Waals surface area contributed by atoms with Gasteiger partial charge in [0.15, 0.2) is 5.16 Å². The van der Waals surface area contributed by atoms with Crippen LogP contribution in [0.1, 0.15) is 44.9 Å². The van der Waals surface area contributed by atoms with Gasteiger partial charge in [-0.3, -0.25) is 4.79 Å². The van der Waals surface area contributed by atoms with Crippen molar-refractivity contribution in [3.63, 3.8) is 0 Å². The van der Waals surface area contributed by atoms with E-state index in [1.165, 1.54) is 31.0 Å². The molecule has 2 rings (SSSR count). The molecule has 112 valence electrons. The zero-order chi connectivity index (χ0) is 14.4. The van der Waals surface area contributed by atoms with Gasteiger partial charge < -0.3 is 15.6 Å². The van der Waals surface area contributed by atoms with Crippen LogP contribution in [0.15, 0.2) is 5.16 Å². The number of aromatic nitrogens is 3. The Morgan fingerprint density at radius 2 is 2.15 bits per heavy atom. The van der Waals surface area contributed by atoms with Crippen molar-refractivity contribution < 1.29 is 4.79 Å². The summed E-state index contributed by atoms with van der Waals surface area (Å²) in [6.45, 7) is 3.16. The molecule has 1 aliphatic carbocycles. The molecule has 1 amide bonds. The largest absolute Gasteiger partial charge is 0.353 e. The maximum Gasteiger partial charge on any atom is 0.230 e. The number of hydrogen-bond acceptors (Lipinski definition) is 5. The van der Waals surface area contributed by atoms with Crippen molar-refractivity contribution in [2.45, 2.75) is 63.3 Å². The fourth-order valence-corrected chi connectivity index (χ4v) is 3.37. The molecule has 20 heavy (non-hydrogen) atoms. The highest BCUT2D eigenvalue weighted by Gasteiger charge is 2.17. The molecule has 7 heteroatoms. The molecule has 1 saturated carbocycles. The van der Waals surface area contributed by atoms with E-state index in [9.17, 15) is 4.79 Å². The number of nitrogens with two attached hydrogens (primary N) is 1. The minimum absolute atomic E-state index is 0.0850. The van der Waals surface area contributed by atoms with E-state index in [2.05, 4.69) is 15.5 Å². The molecule has 0 bridgehead atoms. The molecule has 1 aliphatic rings. The first-order valence-corrected chi connectivity index (χ1v) is 8.27. The van der Waals surface area contributed by atoms with Crippen molar-refractivity contribution in [1.82, 2.24) is 20.1 Å². The van der Waals surface area contributed by atoms with Crippen LogP contribution in [0.4, 0.5) is 0 Å². The molecule has 0 spiro atoms. The van der Waals surface area contributed by atoms with Gasteiger partial charge in [0.1, 0.15) is 5.82 Å². The van der Waals surface area contributed by atoms with Crippen molar-refractivity contribution in [1.29, 1.82) is 0 Å². The molecule has 3 N–H and O–H groups in total. The predicted molar refractivity (Wildman–Crippen MR) is 79.3 cm³/mol. The van der Waals surface area contributed by atoms with Crippen LogP contribution in [-0.4, -0.2) is 32.5 Å². The number of nitrogens with one attached hydrogen (secondary N) is 1. The lowest BCUT2D eigenvalue weighted by molar-refractivity contribution is -0.119. The monoisotopic (exact) mass is 297 g/mol. The van der Waals surface area contributed by atoms with Crippen LogP contribution < -0.4 is 11.1 Å². The SMILES string of the molecule is CCn1c(CN)nnc1SCC(=O)NC1CCCCC1. The molecular formula is C13H23N5OS. The minimum Gasteiger partial charge on any atom is -0.353 e. The van der Waals surface area contributed by atoms with Crippen LogP contribution in [0.5, 0.6) is 0 Å². The quantitative estimate of drug-likeness (QED) is 0.773. The number of thioether (sulfide) groups is 1. The summed E-state index contributed by atoms with van der Waals surface area (Å²) in [6, 6.07) is 0.362. The Labute approximate surface area is 123 Å². The second-order valence-electron chi connectivity index (χ2n) is 5.04. The van der Waals surface area contributed by atoms with Gasteiger partial charge in [-0.15, -0.1) is 10.2 Å². The zero-order valence-corrected chi connectivity index (χ0v) is 12.8. The minimum atomic E-state index is 0.0850. The van der Waals surface area contributed by atoms with Gasteiger partial charge in [-0.2, -0.15) is 0 Å². The van der Waals surface area contributed by atoms with Crippen molar-refractivity contribution in [2.24, 2.45) is 5.73 Å². The Morgan fingerprint density at radius 1 is 1.40 bits per heavy atom. The van der Waals surface area contributed by atoms with Crippen LogP contribution in [-0.2, 0) is 17.9 Å². The molecule has 0 aromatic carbocycles. The van der Waals surface area contributed by atoms with Gasteiger partial charge >= 0.3 is 0 Å². The fraction of sp³-hybridized carbons (Fsp3) is 0.769. The zero-order valence-electron chi connectivity index (χ0n) is 12.0. The lowest BCUT2D eigenvalue weighted by atomic mass is 9.95. The maximum atomic E-state index is 11.9. The highest BCUT2D eigenvalue weighted by Crippen LogP contribution is 2.19. The third kappa shape index (κ3) is 3.96. The second kappa shape index (κ2) is 7.64. The first-order valence-electron chi connectivity index (χ1n) is 7.29. The van der Waals surface area contributed by atoms with E-state index in [0.29, 0.717) is 18.3 Å². The Balaban J connectivity index is 1.82. The van der Waals surface area contributed by atoms with Crippen LogP contribution in [0, 0.1) is 0 Å². The first-order chi connectivity index (χ1) is 9.74. The van der Waals surface area contributed by atoms with E-state index in [4.69, 9.17) is 5.73 Å². The van der Waals surface area contributed by atoms with Gasteiger partial charge in [0.25, 0.3) is 0 Å². The summed E-state index contributed by atoms with van der Waals surface area (Å²) in [7, 11) is 0. The Hall–Kier alpha value is -1.08. The van der Waals surface area contributed by atoms with E-state index < -0.39 is 0 Å². The topological polar surface area (TPSA) is 85.8 Å². The third-order valence-corrected chi connectivity index (χ3v) is 4.56. The highest BCUT2D eigenvalue weighted by molar-refractivity contribution is 7.99. The number of carbonyl (C=O) groups is 1. The molecular weight excluding hydrogens is 274 g/mol. The predicted octanol–water partition coefficient (Wildman–Crippen LogP) is 1.30. The number of amides is 1. The molecule has 1 heterocycles. The summed E-state index contributed by atoms with van der Waals surface area (Å²) in [6.07, 6.45) is 5.96. The molecule has 0 unspecified atom stereocenters. The van der Waals surface area contributed by atoms with E-state index in [1.807, 2.05) is 11.5 Å². The van der Waals surface area contributed by atoms with Gasteiger partial charge in [-0.25, -0.2) is 0 Å². The Morgan fingerprint density at radius 3 is 2.80 bits per heavy atom. The van der Waals surface area contributed by atoms with Crippen molar-refractivity contribution in [3.8, 4) is 0 Å². The average Bonchev–Trinajstić information content (AvgIpc) is 2.88. The lowest BCUT2D eigenvalue weighted by Gasteiger charge is -2.22. The molecule has 1 aromatic heterocycles. The highest BCUT2D eigenvalue weighted by atomic mass is 32.2. The standard InChI is InChI=1S/C13H23N5OS/c1-2-18-11(8-14)16-17-13(18)20-9-12(19)15-10-6-4-3-5-7-10/h10H,2-9,14H2,1H3,(H,15,19). The number of hydrogen-bond donors (Lipinski definition) is 2. The summed E-state index contributed by atoms with van der Waals surface area (Å²) in [4.78, 5) is 11.9. The Bertz CT molecular complexity index is 442.